The van der Waals surface area contributed by atoms with E-state index in [4.69, 9.17) is 16.3 Å². The van der Waals surface area contributed by atoms with Crippen LogP contribution < -0.4 is 4.90 Å². The maximum atomic E-state index is 12.6. The maximum absolute atomic E-state index is 12.6. The van der Waals surface area contributed by atoms with Crippen molar-refractivity contribution in [2.24, 2.45) is 0 Å². The number of aryl methyl sites for hydroxylation is 3. The molecule has 4 aromatic rings. The predicted octanol–water partition coefficient (Wildman–Crippen LogP) is 5.34. The van der Waals surface area contributed by atoms with Gasteiger partial charge >= 0.3 is 5.97 Å². The van der Waals surface area contributed by atoms with Crippen LogP contribution in [0.4, 0.5) is 10.8 Å². The molecule has 2 aromatic carbocycles. The number of carbonyl (C=O) groups is 2. The summed E-state index contributed by atoms with van der Waals surface area (Å²) in [5, 5.41) is 11.2. The Labute approximate surface area is 205 Å². The summed E-state index contributed by atoms with van der Waals surface area (Å²) in [6.07, 6.45) is 0. The van der Waals surface area contributed by atoms with E-state index in [-0.39, 0.29) is 18.2 Å². The second-order valence-corrected chi connectivity index (χ2v) is 8.97. The van der Waals surface area contributed by atoms with E-state index in [9.17, 15) is 9.59 Å². The summed E-state index contributed by atoms with van der Waals surface area (Å²) >= 11 is 7.73. The second kappa shape index (κ2) is 9.74. The molecule has 0 bridgehead atoms. The Balaban J connectivity index is 1.51. The number of rotatable bonds is 6. The number of hydrogen-bond acceptors (Lipinski definition) is 7. The van der Waals surface area contributed by atoms with Crippen molar-refractivity contribution in [2.75, 3.05) is 4.90 Å². The van der Waals surface area contributed by atoms with Gasteiger partial charge in [0.2, 0.25) is 5.91 Å². The normalized spacial score (nSPS) is 10.9. The van der Waals surface area contributed by atoms with Gasteiger partial charge in [-0.3, -0.25) is 9.69 Å². The standard InChI is InChI=1S/C24H22ClN5O3S/c1-14-10-15(2)22(20(25)11-14)29(17(4)31)24-26-18(13-34-24)12-33-23(32)21-16(3)27-30(28-21)19-8-6-5-7-9-19/h5-11,13H,12H2,1-4H3. The Morgan fingerprint density at radius 1 is 1.12 bits per heavy atom. The maximum Gasteiger partial charge on any atom is 0.361 e. The zero-order chi connectivity index (χ0) is 24.4. The van der Waals surface area contributed by atoms with Gasteiger partial charge in [-0.15, -0.1) is 16.4 Å². The predicted molar refractivity (Wildman–Crippen MR) is 131 cm³/mol. The topological polar surface area (TPSA) is 90.2 Å². The molecule has 10 heteroatoms. The van der Waals surface area contributed by atoms with Gasteiger partial charge in [-0.1, -0.05) is 35.9 Å². The van der Waals surface area contributed by atoms with E-state index in [2.05, 4.69) is 15.2 Å². The van der Waals surface area contributed by atoms with Crippen LogP contribution >= 0.6 is 22.9 Å². The highest BCUT2D eigenvalue weighted by atomic mass is 35.5. The fraction of sp³-hybridized carbons (Fsp3) is 0.208. The molecule has 4 rings (SSSR count). The highest BCUT2D eigenvalue weighted by Gasteiger charge is 2.23. The van der Waals surface area contributed by atoms with Crippen molar-refractivity contribution in [1.82, 2.24) is 20.0 Å². The van der Waals surface area contributed by atoms with Gasteiger partial charge in [0.05, 0.1) is 27.8 Å². The van der Waals surface area contributed by atoms with Crippen molar-refractivity contribution in [3.8, 4) is 5.69 Å². The monoisotopic (exact) mass is 495 g/mol. The molecule has 0 fully saturated rings. The van der Waals surface area contributed by atoms with Crippen LogP contribution in [0.1, 0.15) is 39.9 Å². The second-order valence-electron chi connectivity index (χ2n) is 7.72. The summed E-state index contributed by atoms with van der Waals surface area (Å²) in [5.74, 6) is -0.824. The number of esters is 1. The van der Waals surface area contributed by atoms with Crippen molar-refractivity contribution in [3.05, 3.63) is 81.1 Å². The van der Waals surface area contributed by atoms with E-state index in [1.165, 1.54) is 28.0 Å². The van der Waals surface area contributed by atoms with Crippen LogP contribution in [0, 0.1) is 20.8 Å². The Morgan fingerprint density at radius 2 is 1.85 bits per heavy atom. The molecule has 0 aliphatic heterocycles. The zero-order valence-electron chi connectivity index (χ0n) is 19.1. The molecule has 0 saturated heterocycles. The van der Waals surface area contributed by atoms with Gasteiger partial charge in [0, 0.05) is 12.3 Å². The number of para-hydroxylation sites is 1. The van der Waals surface area contributed by atoms with Crippen LogP contribution in [0.25, 0.3) is 5.69 Å². The number of amides is 1. The number of nitrogens with zero attached hydrogens (tertiary/aromatic N) is 5. The fourth-order valence-electron chi connectivity index (χ4n) is 3.50. The molecule has 174 valence electrons. The van der Waals surface area contributed by atoms with Gasteiger partial charge in [0.1, 0.15) is 6.61 Å². The first-order valence-electron chi connectivity index (χ1n) is 10.4. The lowest BCUT2D eigenvalue weighted by Gasteiger charge is -2.22. The lowest BCUT2D eigenvalue weighted by Crippen LogP contribution is -2.24. The van der Waals surface area contributed by atoms with Crippen molar-refractivity contribution in [3.63, 3.8) is 0 Å². The Kier molecular flexibility index (Phi) is 6.76. The van der Waals surface area contributed by atoms with Crippen molar-refractivity contribution in [2.45, 2.75) is 34.3 Å². The Bertz CT molecular complexity index is 1340. The summed E-state index contributed by atoms with van der Waals surface area (Å²) in [6, 6.07) is 13.1. The summed E-state index contributed by atoms with van der Waals surface area (Å²) in [4.78, 5) is 32.5. The van der Waals surface area contributed by atoms with Crippen LogP contribution in [0.5, 0.6) is 0 Å². The zero-order valence-corrected chi connectivity index (χ0v) is 20.6. The van der Waals surface area contributed by atoms with Gasteiger partial charge in [-0.05, 0) is 50.1 Å². The van der Waals surface area contributed by atoms with Crippen molar-refractivity contribution >= 4 is 45.6 Å². The van der Waals surface area contributed by atoms with E-state index >= 15 is 0 Å². The third kappa shape index (κ3) is 4.85. The summed E-state index contributed by atoms with van der Waals surface area (Å²) in [6.45, 7) is 6.92. The number of hydrogen-bond donors (Lipinski definition) is 0. The third-order valence-corrected chi connectivity index (χ3v) is 6.14. The number of anilines is 2. The van der Waals surface area contributed by atoms with Crippen LogP contribution in [0.2, 0.25) is 5.02 Å². The molecule has 0 saturated carbocycles. The molecule has 0 aliphatic carbocycles. The molecule has 0 atom stereocenters. The minimum atomic E-state index is -0.602. The molecule has 2 heterocycles. The SMILES string of the molecule is CC(=O)N(c1nc(COC(=O)c2nn(-c3ccccc3)nc2C)cs1)c1c(C)cc(C)cc1Cl. The Morgan fingerprint density at radius 3 is 2.53 bits per heavy atom. The number of thiazole rings is 1. The molecule has 0 unspecified atom stereocenters. The van der Waals surface area contributed by atoms with E-state index in [0.717, 1.165) is 16.8 Å². The summed E-state index contributed by atoms with van der Waals surface area (Å²) < 4.78 is 5.43. The molecular formula is C24H22ClN5O3S. The lowest BCUT2D eigenvalue weighted by atomic mass is 10.1. The lowest BCUT2D eigenvalue weighted by molar-refractivity contribution is -0.115. The van der Waals surface area contributed by atoms with E-state index in [0.29, 0.717) is 27.2 Å². The van der Waals surface area contributed by atoms with Gasteiger partial charge in [0.15, 0.2) is 10.8 Å². The molecule has 0 aliphatic rings. The number of carbonyl (C=O) groups excluding carboxylic acids is 2. The minimum absolute atomic E-state index is 0.0701. The largest absolute Gasteiger partial charge is 0.454 e. The van der Waals surface area contributed by atoms with E-state index in [1.807, 2.05) is 50.2 Å². The van der Waals surface area contributed by atoms with Crippen molar-refractivity contribution < 1.29 is 14.3 Å². The quantitative estimate of drug-likeness (QED) is 0.335. The molecule has 0 spiro atoms. The molecule has 2 aromatic heterocycles. The van der Waals surface area contributed by atoms with E-state index < -0.39 is 5.97 Å². The first-order chi connectivity index (χ1) is 16.2. The van der Waals surface area contributed by atoms with Gasteiger partial charge in [0.25, 0.3) is 0 Å². The van der Waals surface area contributed by atoms with Gasteiger partial charge in [-0.25, -0.2) is 9.78 Å². The van der Waals surface area contributed by atoms with Crippen LogP contribution in [0.15, 0.2) is 47.8 Å². The first kappa shape index (κ1) is 23.6. The average molecular weight is 496 g/mol. The average Bonchev–Trinajstić information content (AvgIpc) is 3.41. The van der Waals surface area contributed by atoms with Crippen molar-refractivity contribution in [1.29, 1.82) is 0 Å². The summed E-state index contributed by atoms with van der Waals surface area (Å²) in [7, 11) is 0. The van der Waals surface area contributed by atoms with E-state index in [1.54, 1.807) is 18.4 Å². The number of aromatic nitrogens is 4. The molecule has 1 amide bonds. The molecule has 0 radical (unpaired) electrons. The molecule has 8 nitrogen and oxygen atoms in total. The van der Waals surface area contributed by atoms with Gasteiger partial charge in [-0.2, -0.15) is 9.90 Å². The highest BCUT2D eigenvalue weighted by molar-refractivity contribution is 7.14. The fourth-order valence-corrected chi connectivity index (χ4v) is 4.76. The number of ether oxygens (including phenoxy) is 1. The summed E-state index contributed by atoms with van der Waals surface area (Å²) in [5.41, 5.74) is 4.29. The smallest absolute Gasteiger partial charge is 0.361 e. The molecular weight excluding hydrogens is 474 g/mol. The van der Waals surface area contributed by atoms with Crippen LogP contribution in [0.3, 0.4) is 0 Å². The van der Waals surface area contributed by atoms with Crippen LogP contribution in [-0.2, 0) is 16.1 Å². The molecule has 0 N–H and O–H groups in total. The number of halogens is 1. The van der Waals surface area contributed by atoms with Gasteiger partial charge < -0.3 is 4.74 Å². The third-order valence-electron chi connectivity index (χ3n) is 4.98. The first-order valence-corrected chi connectivity index (χ1v) is 11.7. The van der Waals surface area contributed by atoms with Crippen LogP contribution in [-0.4, -0.2) is 31.9 Å². The Hall–Kier alpha value is -3.56. The minimum Gasteiger partial charge on any atom is -0.454 e. The molecule has 34 heavy (non-hydrogen) atoms. The highest BCUT2D eigenvalue weighted by Crippen LogP contribution is 2.37. The number of benzene rings is 2.